The maximum absolute atomic E-state index is 6.53. The molecule has 102 heavy (non-hydrogen) atoms. The van der Waals surface area contributed by atoms with Crippen molar-refractivity contribution in [2.45, 2.75) is 78.6 Å². The predicted molar refractivity (Wildman–Crippen MR) is 437 cm³/mol. The lowest BCUT2D eigenvalue weighted by Crippen LogP contribution is -2.61. The number of hydrogen-bond donors (Lipinski definition) is 0. The summed E-state index contributed by atoms with van der Waals surface area (Å²) in [6.45, 7) is 21.1. The molecule has 4 heteroatoms. The van der Waals surface area contributed by atoms with Gasteiger partial charge in [0.25, 0.3) is 6.71 Å². The van der Waals surface area contributed by atoms with Crippen molar-refractivity contribution in [1.29, 1.82) is 0 Å². The van der Waals surface area contributed by atoms with E-state index in [-0.39, 0.29) is 23.0 Å². The molecule has 3 heterocycles. The van der Waals surface area contributed by atoms with E-state index in [1.165, 1.54) is 93.6 Å². The van der Waals surface area contributed by atoms with Crippen LogP contribution in [-0.4, -0.2) is 6.71 Å². The molecular weight excluding hydrogens is 1230 g/mol. The van der Waals surface area contributed by atoms with Gasteiger partial charge >= 0.3 is 0 Å². The molecule has 0 N–H and O–H groups in total. The van der Waals surface area contributed by atoms with E-state index < -0.39 is 0 Å². The topological polar surface area (TPSA) is 19.6 Å². The van der Waals surface area contributed by atoms with Crippen LogP contribution < -0.4 is 26.2 Å². The standard InChI is InChI=1S/C98H79BN2O/c1-96(2,3)70-56-78(62-31-15-10-16-32-62)94(79(57-70)63-33-17-11-18-34-63)100-85-54-68(67-49-52-90-82(53-67)73-41-29-30-46-89(73)102-90)47-50-83(85)99-84-51-48-69(92-76-44-27-25-42-74(76)91(66-39-23-14-24-40-66)75-43-26-28-45-77(75)92)55-86(84)101(88-61-72(98(7,8)9)60-87(100)93(88)99)95-80(64-35-19-12-20-36-64)58-71(97(4,5)6)59-81(95)65-37-21-13-22-38-65/h10-61H,1-9H3. The summed E-state index contributed by atoms with van der Waals surface area (Å²) < 4.78 is 6.53. The summed E-state index contributed by atoms with van der Waals surface area (Å²) in [5.74, 6) is 0. The number of fused-ring (bicyclic) bond motifs is 9. The lowest BCUT2D eigenvalue weighted by molar-refractivity contribution is 0.590. The molecule has 0 saturated carbocycles. The van der Waals surface area contributed by atoms with Gasteiger partial charge in [-0.15, -0.1) is 0 Å². The molecule has 0 unspecified atom stereocenters. The maximum atomic E-state index is 6.53. The molecule has 0 bridgehead atoms. The van der Waals surface area contributed by atoms with Crippen LogP contribution in [0.25, 0.3) is 121 Å². The van der Waals surface area contributed by atoms with Gasteiger partial charge in [-0.25, -0.2) is 0 Å². The molecule has 0 aliphatic carbocycles. The summed E-state index contributed by atoms with van der Waals surface area (Å²) in [6, 6.07) is 119. The van der Waals surface area contributed by atoms with Gasteiger partial charge in [-0.3, -0.25) is 0 Å². The Balaban J connectivity index is 1.02. The van der Waals surface area contributed by atoms with Crippen molar-refractivity contribution in [3.05, 3.63) is 332 Å². The first kappa shape index (κ1) is 62.5. The van der Waals surface area contributed by atoms with Crippen molar-refractivity contribution < 1.29 is 4.42 Å². The number of furan rings is 1. The van der Waals surface area contributed by atoms with Gasteiger partial charge < -0.3 is 14.2 Å². The molecule has 0 amide bonds. The molecule has 3 nitrogen and oxygen atoms in total. The number of benzene rings is 15. The van der Waals surface area contributed by atoms with Crippen molar-refractivity contribution in [2.75, 3.05) is 9.80 Å². The maximum Gasteiger partial charge on any atom is 0.252 e. The number of rotatable bonds is 9. The number of hydrogen-bond acceptors (Lipinski definition) is 3. The van der Waals surface area contributed by atoms with E-state index in [1.54, 1.807) is 0 Å². The summed E-state index contributed by atoms with van der Waals surface area (Å²) in [6.07, 6.45) is 0. The fourth-order valence-electron chi connectivity index (χ4n) is 16.5. The Bertz CT molecular complexity index is 5810. The molecule has 0 saturated heterocycles. The summed E-state index contributed by atoms with van der Waals surface area (Å²) in [5.41, 5.74) is 31.8. The van der Waals surface area contributed by atoms with Crippen molar-refractivity contribution >= 4 is 101 Å². The van der Waals surface area contributed by atoms with E-state index in [4.69, 9.17) is 4.42 Å². The zero-order chi connectivity index (χ0) is 69.3. The SMILES string of the molecule is CC(C)(C)c1cc(-c2ccccc2)c(N2c3cc(-c4ccc5oc6ccccc6c5c4)ccc3B3c4ccc(-c5c6ccccc6c(-c6ccccc6)c6ccccc56)cc4N(c4c(-c5ccccc5)cc(C(C)(C)C)cc4-c4ccccc4)c4cc(C(C)(C)C)cc2c43)c(-c2ccccc2)c1. The highest BCUT2D eigenvalue weighted by Crippen LogP contribution is 2.56. The van der Waals surface area contributed by atoms with E-state index in [0.29, 0.717) is 0 Å². The Morgan fingerprint density at radius 2 is 0.559 bits per heavy atom. The second-order valence-corrected chi connectivity index (χ2v) is 31.1. The highest BCUT2D eigenvalue weighted by molar-refractivity contribution is 7.00. The number of nitrogens with zero attached hydrogens (tertiary/aromatic N) is 2. The van der Waals surface area contributed by atoms with Gasteiger partial charge in [-0.1, -0.05) is 311 Å². The number of anilines is 6. The lowest BCUT2D eigenvalue weighted by atomic mass is 9.33. The van der Waals surface area contributed by atoms with Crippen LogP contribution in [0.5, 0.6) is 0 Å². The largest absolute Gasteiger partial charge is 0.456 e. The van der Waals surface area contributed by atoms with Crippen molar-refractivity contribution in [3.63, 3.8) is 0 Å². The van der Waals surface area contributed by atoms with Crippen LogP contribution >= 0.6 is 0 Å². The van der Waals surface area contributed by atoms with Crippen LogP contribution in [-0.2, 0) is 16.2 Å². The molecule has 2 aliphatic heterocycles. The summed E-state index contributed by atoms with van der Waals surface area (Å²) in [5, 5.41) is 7.10. The minimum absolute atomic E-state index is 0.189. The second kappa shape index (κ2) is 24.0. The molecule has 18 rings (SSSR count). The summed E-state index contributed by atoms with van der Waals surface area (Å²) in [4.78, 5) is 5.46. The molecule has 2 aliphatic rings. The minimum atomic E-state index is -0.328. The Morgan fingerprint density at radius 1 is 0.245 bits per heavy atom. The van der Waals surface area contributed by atoms with E-state index in [0.717, 1.165) is 95.0 Å². The van der Waals surface area contributed by atoms with Crippen LogP contribution in [0.2, 0.25) is 0 Å². The smallest absolute Gasteiger partial charge is 0.252 e. The molecule has 1 aromatic heterocycles. The van der Waals surface area contributed by atoms with Crippen LogP contribution in [0.3, 0.4) is 0 Å². The summed E-state index contributed by atoms with van der Waals surface area (Å²) >= 11 is 0. The Kier molecular flexibility index (Phi) is 14.7. The van der Waals surface area contributed by atoms with Crippen LogP contribution in [0, 0.1) is 0 Å². The highest BCUT2D eigenvalue weighted by Gasteiger charge is 2.47. The summed E-state index contributed by atoms with van der Waals surface area (Å²) in [7, 11) is 0. The highest BCUT2D eigenvalue weighted by atomic mass is 16.3. The molecule has 0 radical (unpaired) electrons. The van der Waals surface area contributed by atoms with Gasteiger partial charge in [0.1, 0.15) is 11.2 Å². The third-order valence-corrected chi connectivity index (χ3v) is 21.7. The van der Waals surface area contributed by atoms with Gasteiger partial charge in [0.15, 0.2) is 0 Å². The van der Waals surface area contributed by atoms with Gasteiger partial charge in [0, 0.05) is 55.8 Å². The fourth-order valence-corrected chi connectivity index (χ4v) is 16.5. The van der Waals surface area contributed by atoms with Gasteiger partial charge in [-0.2, -0.15) is 0 Å². The van der Waals surface area contributed by atoms with Gasteiger partial charge in [0.05, 0.1) is 11.4 Å². The van der Waals surface area contributed by atoms with E-state index in [9.17, 15) is 0 Å². The van der Waals surface area contributed by atoms with Crippen LogP contribution in [0.4, 0.5) is 34.1 Å². The van der Waals surface area contributed by atoms with E-state index >= 15 is 0 Å². The predicted octanol–water partition coefficient (Wildman–Crippen LogP) is 25.5. The van der Waals surface area contributed by atoms with Crippen LogP contribution in [0.1, 0.15) is 79.0 Å². The third-order valence-electron chi connectivity index (χ3n) is 21.7. The Morgan fingerprint density at radius 3 is 0.971 bits per heavy atom. The van der Waals surface area contributed by atoms with Gasteiger partial charge in [0.2, 0.25) is 0 Å². The lowest BCUT2D eigenvalue weighted by Gasteiger charge is -2.47. The van der Waals surface area contributed by atoms with E-state index in [2.05, 4.69) is 388 Å². The average Bonchev–Trinajstić information content (AvgIpc) is 0.796. The first-order valence-corrected chi connectivity index (χ1v) is 36.1. The van der Waals surface area contributed by atoms with Crippen molar-refractivity contribution in [2.24, 2.45) is 0 Å². The monoisotopic (exact) mass is 1310 g/mol. The van der Waals surface area contributed by atoms with Crippen LogP contribution in [0.15, 0.2) is 320 Å². The van der Waals surface area contributed by atoms with E-state index in [1.807, 2.05) is 0 Å². The molecule has 15 aromatic carbocycles. The first-order valence-electron chi connectivity index (χ1n) is 36.1. The molecule has 16 aromatic rings. The molecule has 0 spiro atoms. The molecule has 0 fully saturated rings. The zero-order valence-electron chi connectivity index (χ0n) is 59.4. The normalized spacial score (nSPS) is 12.9. The van der Waals surface area contributed by atoms with Gasteiger partial charge in [-0.05, 0) is 193 Å². The first-order chi connectivity index (χ1) is 49.5. The number of para-hydroxylation sites is 1. The quantitative estimate of drug-likeness (QED) is 0.106. The Labute approximate surface area is 599 Å². The Hall–Kier alpha value is -11.7. The minimum Gasteiger partial charge on any atom is -0.456 e. The second-order valence-electron chi connectivity index (χ2n) is 31.1. The zero-order valence-corrected chi connectivity index (χ0v) is 59.4. The molecule has 0 atom stereocenters. The van der Waals surface area contributed by atoms with Crippen molar-refractivity contribution in [1.82, 2.24) is 0 Å². The van der Waals surface area contributed by atoms with Crippen molar-refractivity contribution in [3.8, 4) is 77.9 Å². The molecule has 490 valence electrons. The molecular formula is C98H79BN2O. The third kappa shape index (κ3) is 10.4. The fraction of sp³-hybridized carbons (Fsp3) is 0.122. The average molecular weight is 1310 g/mol.